The van der Waals surface area contributed by atoms with Gasteiger partial charge in [-0.05, 0) is 43.4 Å². The van der Waals surface area contributed by atoms with Crippen molar-refractivity contribution in [1.82, 2.24) is 0 Å². The van der Waals surface area contributed by atoms with E-state index in [1.807, 2.05) is 0 Å². The van der Waals surface area contributed by atoms with Gasteiger partial charge in [-0.3, -0.25) is 4.79 Å². The molecule has 0 spiro atoms. The molecule has 1 N–H and O–H groups in total. The van der Waals surface area contributed by atoms with Crippen molar-refractivity contribution in [3.05, 3.63) is 0 Å². The highest BCUT2D eigenvalue weighted by atomic mass is 16.4. The molecule has 11 heavy (non-hydrogen) atoms. The summed E-state index contributed by atoms with van der Waals surface area (Å²) in [7, 11) is 0. The minimum absolute atomic E-state index is 0.241. The Morgan fingerprint density at radius 2 is 2.36 bits per heavy atom. The van der Waals surface area contributed by atoms with Crippen LogP contribution in [0.5, 0.6) is 0 Å². The summed E-state index contributed by atoms with van der Waals surface area (Å²) in [5, 5.41) is 9.09. The van der Waals surface area contributed by atoms with Crippen LogP contribution in [0.1, 0.15) is 25.7 Å². The summed E-state index contributed by atoms with van der Waals surface area (Å²) in [6.45, 7) is 0. The Labute approximate surface area is 65.6 Å². The number of rotatable bonds is 1. The maximum atomic E-state index is 11.0. The van der Waals surface area contributed by atoms with Gasteiger partial charge in [0.15, 0.2) is 0 Å². The summed E-state index contributed by atoms with van der Waals surface area (Å²) in [5.41, 5.74) is -0.241. The number of hydrogen-bond donors (Lipinski definition) is 1. The third-order valence-electron chi connectivity index (χ3n) is 4.17. The standard InChI is InChI=1S/C9H12O2/c10-8(11)9-2-1-5(4-9)6-3-7(6)9/h5-7H,1-4H2,(H,10,11)/t5-,6-,7-,9+/m0/s1. The van der Waals surface area contributed by atoms with E-state index in [0.29, 0.717) is 5.92 Å². The number of hydrogen-bond acceptors (Lipinski definition) is 1. The van der Waals surface area contributed by atoms with E-state index in [-0.39, 0.29) is 5.41 Å². The van der Waals surface area contributed by atoms with Crippen molar-refractivity contribution in [2.24, 2.45) is 23.2 Å². The van der Waals surface area contributed by atoms with Crippen LogP contribution in [-0.4, -0.2) is 11.1 Å². The highest BCUT2D eigenvalue weighted by Gasteiger charge is 2.69. The lowest BCUT2D eigenvalue weighted by atomic mass is 9.82. The molecular weight excluding hydrogens is 140 g/mol. The molecule has 2 heteroatoms. The molecule has 0 aromatic heterocycles. The van der Waals surface area contributed by atoms with E-state index in [4.69, 9.17) is 5.11 Å². The molecule has 0 aromatic carbocycles. The smallest absolute Gasteiger partial charge is 0.309 e. The summed E-state index contributed by atoms with van der Waals surface area (Å²) in [5.74, 6) is 1.68. The second-order valence-corrected chi connectivity index (χ2v) is 4.47. The Balaban J connectivity index is 2.03. The van der Waals surface area contributed by atoms with Gasteiger partial charge in [-0.2, -0.15) is 0 Å². The monoisotopic (exact) mass is 152 g/mol. The molecular formula is C9H12O2. The molecule has 60 valence electrons. The maximum Gasteiger partial charge on any atom is 0.309 e. The molecule has 0 radical (unpaired) electrons. The molecule has 0 heterocycles. The van der Waals surface area contributed by atoms with Crippen molar-refractivity contribution in [1.29, 1.82) is 0 Å². The molecule has 3 saturated carbocycles. The first kappa shape index (κ1) is 6.04. The zero-order valence-electron chi connectivity index (χ0n) is 6.42. The molecule has 0 amide bonds. The van der Waals surface area contributed by atoms with Crippen LogP contribution in [0, 0.1) is 23.2 Å². The first-order valence-electron chi connectivity index (χ1n) is 4.47. The fourth-order valence-electron chi connectivity index (χ4n) is 3.54. The highest BCUT2D eigenvalue weighted by molar-refractivity contribution is 5.77. The number of carboxylic acids is 1. The number of aliphatic carboxylic acids is 1. The van der Waals surface area contributed by atoms with Gasteiger partial charge >= 0.3 is 5.97 Å². The summed E-state index contributed by atoms with van der Waals surface area (Å²) >= 11 is 0. The lowest BCUT2D eigenvalue weighted by Crippen LogP contribution is -2.28. The molecule has 3 rings (SSSR count). The lowest BCUT2D eigenvalue weighted by molar-refractivity contribution is -0.149. The van der Waals surface area contributed by atoms with E-state index in [1.165, 1.54) is 12.8 Å². The summed E-state index contributed by atoms with van der Waals surface area (Å²) < 4.78 is 0. The van der Waals surface area contributed by atoms with Gasteiger partial charge in [0, 0.05) is 0 Å². The van der Waals surface area contributed by atoms with Gasteiger partial charge in [0.1, 0.15) is 0 Å². The molecule has 4 atom stereocenters. The van der Waals surface area contributed by atoms with Crippen LogP contribution in [0.25, 0.3) is 0 Å². The predicted octanol–water partition coefficient (Wildman–Crippen LogP) is 1.51. The quantitative estimate of drug-likeness (QED) is 0.618. The van der Waals surface area contributed by atoms with Crippen LogP contribution in [0.3, 0.4) is 0 Å². The Bertz CT molecular complexity index is 236. The lowest BCUT2D eigenvalue weighted by Gasteiger charge is -2.21. The van der Waals surface area contributed by atoms with Crippen LogP contribution in [0.4, 0.5) is 0 Å². The van der Waals surface area contributed by atoms with E-state index in [0.717, 1.165) is 24.7 Å². The van der Waals surface area contributed by atoms with Gasteiger partial charge in [0.2, 0.25) is 0 Å². The molecule has 3 aliphatic rings. The Kier molecular flexibility index (Phi) is 0.809. The maximum absolute atomic E-state index is 11.0. The van der Waals surface area contributed by atoms with E-state index >= 15 is 0 Å². The zero-order chi connectivity index (χ0) is 7.64. The van der Waals surface area contributed by atoms with E-state index in [2.05, 4.69) is 0 Å². The topological polar surface area (TPSA) is 37.3 Å². The molecule has 0 aliphatic heterocycles. The number of carbonyl (C=O) groups is 1. The van der Waals surface area contributed by atoms with Gasteiger partial charge in [0.25, 0.3) is 0 Å². The molecule has 3 fully saturated rings. The third-order valence-corrected chi connectivity index (χ3v) is 4.17. The minimum atomic E-state index is -0.509. The van der Waals surface area contributed by atoms with Gasteiger partial charge < -0.3 is 5.11 Å². The zero-order valence-corrected chi connectivity index (χ0v) is 6.42. The Hall–Kier alpha value is -0.530. The summed E-state index contributed by atoms with van der Waals surface area (Å²) in [4.78, 5) is 11.0. The largest absolute Gasteiger partial charge is 0.481 e. The SMILES string of the molecule is O=C(O)[C@]12CC[C@@H](C1)[C@@H]1C[C@@H]12. The fraction of sp³-hybridized carbons (Fsp3) is 0.889. The molecule has 0 unspecified atom stereocenters. The number of carboxylic acid groups (broad SMARTS) is 1. The second-order valence-electron chi connectivity index (χ2n) is 4.47. The van der Waals surface area contributed by atoms with Crippen LogP contribution < -0.4 is 0 Å². The molecule has 0 saturated heterocycles. The third kappa shape index (κ3) is 0.501. The van der Waals surface area contributed by atoms with E-state index < -0.39 is 5.97 Å². The molecule has 3 aliphatic carbocycles. The van der Waals surface area contributed by atoms with Crippen LogP contribution >= 0.6 is 0 Å². The van der Waals surface area contributed by atoms with Gasteiger partial charge in [-0.15, -0.1) is 0 Å². The molecule has 2 bridgehead atoms. The average Bonchev–Trinajstić information content (AvgIpc) is 2.60. The van der Waals surface area contributed by atoms with Crippen LogP contribution in [0.2, 0.25) is 0 Å². The van der Waals surface area contributed by atoms with Crippen LogP contribution in [0.15, 0.2) is 0 Å². The van der Waals surface area contributed by atoms with Crippen molar-refractivity contribution in [2.45, 2.75) is 25.7 Å². The minimum Gasteiger partial charge on any atom is -0.481 e. The van der Waals surface area contributed by atoms with E-state index in [9.17, 15) is 4.79 Å². The first-order chi connectivity index (χ1) is 5.24. The normalized spacial score (nSPS) is 57.6. The van der Waals surface area contributed by atoms with Crippen molar-refractivity contribution >= 4 is 5.97 Å². The fourth-order valence-corrected chi connectivity index (χ4v) is 3.54. The van der Waals surface area contributed by atoms with Crippen LogP contribution in [-0.2, 0) is 4.79 Å². The van der Waals surface area contributed by atoms with Crippen molar-refractivity contribution in [3.8, 4) is 0 Å². The average molecular weight is 152 g/mol. The predicted molar refractivity (Wildman–Crippen MR) is 39.0 cm³/mol. The highest BCUT2D eigenvalue weighted by Crippen LogP contribution is 2.72. The molecule has 0 aromatic rings. The van der Waals surface area contributed by atoms with E-state index in [1.54, 1.807) is 0 Å². The van der Waals surface area contributed by atoms with Crippen molar-refractivity contribution in [3.63, 3.8) is 0 Å². The van der Waals surface area contributed by atoms with Gasteiger partial charge in [0.05, 0.1) is 5.41 Å². The first-order valence-corrected chi connectivity index (χ1v) is 4.47. The number of fused-ring (bicyclic) bond motifs is 5. The summed E-state index contributed by atoms with van der Waals surface area (Å²) in [6, 6.07) is 0. The van der Waals surface area contributed by atoms with Crippen molar-refractivity contribution in [2.75, 3.05) is 0 Å². The Morgan fingerprint density at radius 1 is 1.55 bits per heavy atom. The Morgan fingerprint density at radius 3 is 2.82 bits per heavy atom. The van der Waals surface area contributed by atoms with Gasteiger partial charge in [-0.1, -0.05) is 0 Å². The van der Waals surface area contributed by atoms with Crippen molar-refractivity contribution < 1.29 is 9.90 Å². The molecule has 2 nitrogen and oxygen atoms in total. The summed E-state index contributed by atoms with van der Waals surface area (Å²) in [6.07, 6.45) is 4.37. The second kappa shape index (κ2) is 1.47. The van der Waals surface area contributed by atoms with Gasteiger partial charge in [-0.25, -0.2) is 0 Å².